The summed E-state index contributed by atoms with van der Waals surface area (Å²) >= 11 is 0. The summed E-state index contributed by atoms with van der Waals surface area (Å²) in [4.78, 5) is 20.9. The van der Waals surface area contributed by atoms with E-state index < -0.39 is 6.04 Å². The molecule has 0 amide bonds. The van der Waals surface area contributed by atoms with Gasteiger partial charge in [0.25, 0.3) is 5.56 Å². The van der Waals surface area contributed by atoms with Crippen LogP contribution in [0, 0.1) is 5.82 Å². The van der Waals surface area contributed by atoms with E-state index in [0.717, 1.165) is 37.1 Å². The Labute approximate surface area is 199 Å². The zero-order valence-electron chi connectivity index (χ0n) is 19.1. The minimum Gasteiger partial charge on any atom is -0.454 e. The van der Waals surface area contributed by atoms with E-state index in [1.807, 2.05) is 12.1 Å². The molecule has 1 fully saturated rings. The van der Waals surface area contributed by atoms with Crippen LogP contribution in [0.3, 0.4) is 0 Å². The van der Waals surface area contributed by atoms with Gasteiger partial charge in [0.2, 0.25) is 6.79 Å². The van der Waals surface area contributed by atoms with Gasteiger partial charge in [-0.1, -0.05) is 12.1 Å². The number of ether oxygens (including phenoxy) is 2. The van der Waals surface area contributed by atoms with Gasteiger partial charge in [0.05, 0.1) is 12.1 Å². The number of tetrazole rings is 1. The molecule has 1 atom stereocenters. The number of benzene rings is 2. The highest BCUT2D eigenvalue weighted by molar-refractivity contribution is 5.83. The van der Waals surface area contributed by atoms with Crippen LogP contribution in [0.1, 0.15) is 23.0 Å². The monoisotopic (exact) mass is 477 g/mol. The maximum absolute atomic E-state index is 13.4. The first kappa shape index (κ1) is 21.7. The van der Waals surface area contributed by atoms with Gasteiger partial charge in [0, 0.05) is 43.2 Å². The highest BCUT2D eigenvalue weighted by atomic mass is 19.1. The molecule has 4 heterocycles. The van der Waals surface area contributed by atoms with Crippen LogP contribution < -0.4 is 15.0 Å². The Balaban J connectivity index is 1.45. The normalized spacial score (nSPS) is 17.2. The summed E-state index contributed by atoms with van der Waals surface area (Å²) < 4.78 is 26.1. The predicted octanol–water partition coefficient (Wildman–Crippen LogP) is 1.77. The van der Waals surface area contributed by atoms with Crippen molar-refractivity contribution in [2.24, 2.45) is 0 Å². The van der Waals surface area contributed by atoms with E-state index in [2.05, 4.69) is 37.4 Å². The molecule has 1 N–H and O–H groups in total. The van der Waals surface area contributed by atoms with Gasteiger partial charge < -0.3 is 19.4 Å². The summed E-state index contributed by atoms with van der Waals surface area (Å²) in [6.07, 6.45) is 0. The Morgan fingerprint density at radius 1 is 1.06 bits per heavy atom. The van der Waals surface area contributed by atoms with Crippen molar-refractivity contribution in [1.29, 1.82) is 0 Å². The second kappa shape index (κ2) is 8.75. The lowest BCUT2D eigenvalue weighted by molar-refractivity contribution is 0.121. The molecule has 1 saturated heterocycles. The first-order chi connectivity index (χ1) is 17.0. The van der Waals surface area contributed by atoms with Crippen molar-refractivity contribution in [1.82, 2.24) is 35.0 Å². The largest absolute Gasteiger partial charge is 0.454 e. The van der Waals surface area contributed by atoms with Crippen molar-refractivity contribution in [2.45, 2.75) is 12.6 Å². The maximum atomic E-state index is 13.4. The van der Waals surface area contributed by atoms with E-state index in [0.29, 0.717) is 34.9 Å². The molecule has 2 aromatic heterocycles. The van der Waals surface area contributed by atoms with E-state index in [4.69, 9.17) is 9.47 Å². The quantitative estimate of drug-likeness (QED) is 0.464. The molecule has 0 radical (unpaired) electrons. The number of hydrogen-bond acceptors (Lipinski definition) is 8. The number of fused-ring (bicyclic) bond motifs is 2. The number of halogens is 1. The summed E-state index contributed by atoms with van der Waals surface area (Å²) in [5.74, 6) is 1.52. The van der Waals surface area contributed by atoms with Gasteiger partial charge in [0.15, 0.2) is 17.3 Å². The van der Waals surface area contributed by atoms with Gasteiger partial charge in [-0.2, -0.15) is 0 Å². The van der Waals surface area contributed by atoms with Gasteiger partial charge in [-0.3, -0.25) is 9.69 Å². The molecule has 6 rings (SSSR count). The zero-order valence-corrected chi connectivity index (χ0v) is 19.1. The van der Waals surface area contributed by atoms with Crippen LogP contribution in [-0.4, -0.2) is 75.0 Å². The number of hydrogen-bond donors (Lipinski definition) is 1. The molecule has 0 aliphatic carbocycles. The molecule has 0 saturated carbocycles. The lowest BCUT2D eigenvalue weighted by Crippen LogP contribution is -2.47. The van der Waals surface area contributed by atoms with E-state index in [1.165, 1.54) is 12.1 Å². The molecular weight excluding hydrogens is 453 g/mol. The summed E-state index contributed by atoms with van der Waals surface area (Å²) in [5, 5.41) is 13.3. The Hall–Kier alpha value is -3.83. The number of nitrogens with zero attached hydrogens (tertiary/aromatic N) is 6. The highest BCUT2D eigenvalue weighted by Gasteiger charge is 2.32. The van der Waals surface area contributed by atoms with Crippen LogP contribution in [0.15, 0.2) is 47.3 Å². The van der Waals surface area contributed by atoms with Crippen LogP contribution in [0.5, 0.6) is 11.5 Å². The molecule has 2 aliphatic rings. The zero-order chi connectivity index (χ0) is 23.9. The Morgan fingerprint density at radius 3 is 2.57 bits per heavy atom. The van der Waals surface area contributed by atoms with Gasteiger partial charge in [-0.05, 0) is 47.3 Å². The Bertz CT molecular complexity index is 1430. The van der Waals surface area contributed by atoms with Crippen molar-refractivity contribution in [3.63, 3.8) is 0 Å². The number of likely N-dealkylation sites (N-methyl/N-ethyl adjacent to an activating group) is 1. The fourth-order valence-corrected chi connectivity index (χ4v) is 4.68. The standard InChI is InChI=1S/C24H24FN7O3/c1-30-6-8-31(9-7-30)22(23-27-28-29-32(23)13-15-2-4-17(25)5-3-15)18-10-16-11-20-21(35-14-34-20)12-19(16)26-24(18)33/h2-5,10-12,22H,6-9,13-14H2,1H3,(H,26,33). The topological polar surface area (TPSA) is 101 Å². The lowest BCUT2D eigenvalue weighted by atomic mass is 10.0. The van der Waals surface area contributed by atoms with Gasteiger partial charge in [-0.15, -0.1) is 5.10 Å². The average Bonchev–Trinajstić information content (AvgIpc) is 3.50. The summed E-state index contributed by atoms with van der Waals surface area (Å²) in [5.41, 5.74) is 1.87. The minimum atomic E-state index is -0.460. The van der Waals surface area contributed by atoms with Gasteiger partial charge >= 0.3 is 0 Å². The molecule has 1 unspecified atom stereocenters. The number of H-pyrrole nitrogens is 1. The van der Waals surface area contributed by atoms with Crippen molar-refractivity contribution >= 4 is 10.9 Å². The number of piperazine rings is 1. The van der Waals surface area contributed by atoms with Crippen molar-refractivity contribution in [2.75, 3.05) is 40.0 Å². The molecule has 0 bridgehead atoms. The number of nitrogens with one attached hydrogen (secondary N) is 1. The smallest absolute Gasteiger partial charge is 0.253 e. The first-order valence-electron chi connectivity index (χ1n) is 11.4. The number of rotatable bonds is 5. The maximum Gasteiger partial charge on any atom is 0.253 e. The third kappa shape index (κ3) is 4.13. The van der Waals surface area contributed by atoms with E-state index in [1.54, 1.807) is 22.9 Å². The summed E-state index contributed by atoms with van der Waals surface area (Å²) in [6.45, 7) is 3.74. The highest BCUT2D eigenvalue weighted by Crippen LogP contribution is 2.36. The lowest BCUT2D eigenvalue weighted by Gasteiger charge is -2.37. The molecule has 10 nitrogen and oxygen atoms in total. The van der Waals surface area contributed by atoms with Crippen LogP contribution in [-0.2, 0) is 6.54 Å². The molecule has 0 spiro atoms. The van der Waals surface area contributed by atoms with Crippen molar-refractivity contribution in [3.05, 3.63) is 75.6 Å². The average molecular weight is 478 g/mol. The second-order valence-electron chi connectivity index (χ2n) is 8.91. The van der Waals surface area contributed by atoms with Crippen molar-refractivity contribution < 1.29 is 13.9 Å². The molecule has 11 heteroatoms. The fraction of sp³-hybridized carbons (Fsp3) is 0.333. The van der Waals surface area contributed by atoms with Crippen LogP contribution in [0.2, 0.25) is 0 Å². The third-order valence-corrected chi connectivity index (χ3v) is 6.61. The third-order valence-electron chi connectivity index (χ3n) is 6.61. The van der Waals surface area contributed by atoms with Crippen molar-refractivity contribution in [3.8, 4) is 11.5 Å². The van der Waals surface area contributed by atoms with Crippen LogP contribution in [0.25, 0.3) is 10.9 Å². The van der Waals surface area contributed by atoms with Crippen LogP contribution >= 0.6 is 0 Å². The minimum absolute atomic E-state index is 0.158. The Morgan fingerprint density at radius 2 is 1.80 bits per heavy atom. The van der Waals surface area contributed by atoms with Gasteiger partial charge in [0.1, 0.15) is 11.9 Å². The number of pyridine rings is 1. The van der Waals surface area contributed by atoms with Crippen LogP contribution in [0.4, 0.5) is 4.39 Å². The predicted molar refractivity (Wildman–Crippen MR) is 125 cm³/mol. The van der Waals surface area contributed by atoms with E-state index in [9.17, 15) is 9.18 Å². The second-order valence-corrected chi connectivity index (χ2v) is 8.91. The number of aromatic nitrogens is 5. The molecule has 2 aromatic carbocycles. The van der Waals surface area contributed by atoms with E-state index in [-0.39, 0.29) is 18.2 Å². The molecule has 180 valence electrons. The number of aromatic amines is 1. The fourth-order valence-electron chi connectivity index (χ4n) is 4.68. The molecule has 4 aromatic rings. The van der Waals surface area contributed by atoms with Gasteiger partial charge in [-0.25, -0.2) is 9.07 Å². The molecule has 35 heavy (non-hydrogen) atoms. The Kier molecular flexibility index (Phi) is 5.42. The molecular formula is C24H24FN7O3. The summed E-state index contributed by atoms with van der Waals surface area (Å²) in [7, 11) is 2.08. The van der Waals surface area contributed by atoms with E-state index >= 15 is 0 Å². The first-order valence-corrected chi connectivity index (χ1v) is 11.4. The SMILES string of the molecule is CN1CCN(C(c2cc3cc4c(cc3[nH]c2=O)OCO4)c2nnnn2Cc2ccc(F)cc2)CC1. The summed E-state index contributed by atoms with van der Waals surface area (Å²) in [6, 6.07) is 11.3. The molecule has 2 aliphatic heterocycles.